The molecule has 3 nitrogen and oxygen atoms in total. The van der Waals surface area contributed by atoms with Crippen molar-refractivity contribution in [3.63, 3.8) is 0 Å². The van der Waals surface area contributed by atoms with Crippen LogP contribution < -0.4 is 4.89 Å². The highest BCUT2D eigenvalue weighted by molar-refractivity contribution is 5.68. The molecule has 1 aromatic rings. The van der Waals surface area contributed by atoms with E-state index in [-0.39, 0.29) is 5.97 Å². The number of rotatable bonds is 4. The number of carbonyl (C=O) groups is 1. The van der Waals surface area contributed by atoms with E-state index in [2.05, 4.69) is 6.07 Å². The van der Waals surface area contributed by atoms with Crippen LogP contribution in [0, 0.1) is 0 Å². The Kier molecular flexibility index (Phi) is 4.02. The summed E-state index contributed by atoms with van der Waals surface area (Å²) in [7, 11) is 0. The van der Waals surface area contributed by atoms with Crippen LogP contribution in [0.1, 0.15) is 43.7 Å². The van der Waals surface area contributed by atoms with Crippen molar-refractivity contribution in [1.82, 2.24) is 0 Å². The van der Waals surface area contributed by atoms with E-state index in [1.54, 1.807) is 0 Å². The van der Waals surface area contributed by atoms with Gasteiger partial charge in [0.05, 0.1) is 0 Å². The smallest absolute Gasteiger partial charge is 0.287 e. The van der Waals surface area contributed by atoms with E-state index in [0.717, 1.165) is 19.3 Å². The standard InChI is InChI=1S/C14H18O3/c1-2-6-14(15)17-16-13-10-5-8-11-7-3-4-9-12(11)13/h5,8,10H,2-4,6-7,9H2,1H3. The minimum absolute atomic E-state index is 0.305. The number of benzene rings is 1. The van der Waals surface area contributed by atoms with Gasteiger partial charge in [-0.05, 0) is 43.7 Å². The van der Waals surface area contributed by atoms with Crippen LogP contribution in [0.5, 0.6) is 5.75 Å². The molecule has 0 radical (unpaired) electrons. The molecule has 0 aliphatic heterocycles. The predicted molar refractivity (Wildman–Crippen MR) is 64.7 cm³/mol. The van der Waals surface area contributed by atoms with Crippen molar-refractivity contribution in [3.8, 4) is 5.75 Å². The lowest BCUT2D eigenvalue weighted by Gasteiger charge is -2.17. The van der Waals surface area contributed by atoms with Crippen molar-refractivity contribution in [2.45, 2.75) is 45.4 Å². The van der Waals surface area contributed by atoms with E-state index in [9.17, 15) is 4.79 Å². The molecule has 0 heterocycles. The van der Waals surface area contributed by atoms with Crippen molar-refractivity contribution in [1.29, 1.82) is 0 Å². The Morgan fingerprint density at radius 3 is 2.94 bits per heavy atom. The molecule has 0 spiro atoms. The van der Waals surface area contributed by atoms with Gasteiger partial charge in [-0.2, -0.15) is 0 Å². The fraction of sp³-hybridized carbons (Fsp3) is 0.500. The molecule has 3 heteroatoms. The van der Waals surface area contributed by atoms with Gasteiger partial charge in [-0.15, -0.1) is 0 Å². The fourth-order valence-electron chi connectivity index (χ4n) is 2.16. The van der Waals surface area contributed by atoms with Crippen molar-refractivity contribution >= 4 is 5.97 Å². The molecular weight excluding hydrogens is 216 g/mol. The first-order chi connectivity index (χ1) is 8.31. The third-order valence-corrected chi connectivity index (χ3v) is 3.03. The Balaban J connectivity index is 2.03. The van der Waals surface area contributed by atoms with Gasteiger partial charge in [0.25, 0.3) is 0 Å². The number of fused-ring (bicyclic) bond motifs is 1. The maximum absolute atomic E-state index is 11.2. The lowest BCUT2D eigenvalue weighted by Crippen LogP contribution is -2.10. The van der Waals surface area contributed by atoms with Crippen LogP contribution in [0.25, 0.3) is 0 Å². The lowest BCUT2D eigenvalue weighted by atomic mass is 9.91. The van der Waals surface area contributed by atoms with Gasteiger partial charge >= 0.3 is 5.97 Å². The van der Waals surface area contributed by atoms with E-state index in [0.29, 0.717) is 12.2 Å². The van der Waals surface area contributed by atoms with Gasteiger partial charge in [-0.3, -0.25) is 9.78 Å². The van der Waals surface area contributed by atoms with Crippen molar-refractivity contribution in [3.05, 3.63) is 29.3 Å². The number of carbonyl (C=O) groups excluding carboxylic acids is 1. The number of aryl methyl sites for hydroxylation is 1. The quantitative estimate of drug-likeness (QED) is 0.592. The Morgan fingerprint density at radius 2 is 2.12 bits per heavy atom. The van der Waals surface area contributed by atoms with Gasteiger partial charge in [0, 0.05) is 12.0 Å². The lowest BCUT2D eigenvalue weighted by molar-refractivity contribution is -0.214. The highest BCUT2D eigenvalue weighted by Crippen LogP contribution is 2.29. The minimum Gasteiger partial charge on any atom is -0.287 e. The average molecular weight is 234 g/mol. The molecule has 0 aromatic heterocycles. The van der Waals surface area contributed by atoms with Crippen molar-refractivity contribution < 1.29 is 14.6 Å². The molecule has 0 fully saturated rings. The minimum atomic E-state index is -0.305. The van der Waals surface area contributed by atoms with E-state index >= 15 is 0 Å². The summed E-state index contributed by atoms with van der Waals surface area (Å²) in [5.41, 5.74) is 2.52. The van der Waals surface area contributed by atoms with E-state index in [1.807, 2.05) is 19.1 Å². The van der Waals surface area contributed by atoms with Gasteiger partial charge in [0.1, 0.15) is 0 Å². The molecule has 0 atom stereocenters. The molecule has 0 bridgehead atoms. The topological polar surface area (TPSA) is 35.5 Å². The normalized spacial score (nSPS) is 13.9. The van der Waals surface area contributed by atoms with Gasteiger partial charge in [-0.25, -0.2) is 4.79 Å². The fourth-order valence-corrected chi connectivity index (χ4v) is 2.16. The first-order valence-corrected chi connectivity index (χ1v) is 6.29. The second-order valence-electron chi connectivity index (χ2n) is 4.39. The van der Waals surface area contributed by atoms with Crippen LogP contribution in [-0.4, -0.2) is 5.97 Å². The SMILES string of the molecule is CCCC(=O)OOc1cccc2c1CCCC2. The zero-order chi connectivity index (χ0) is 12.1. The summed E-state index contributed by atoms with van der Waals surface area (Å²) in [4.78, 5) is 21.2. The van der Waals surface area contributed by atoms with Crippen molar-refractivity contribution in [2.24, 2.45) is 0 Å². The molecule has 0 unspecified atom stereocenters. The molecule has 0 saturated carbocycles. The first kappa shape index (κ1) is 12.0. The zero-order valence-electron chi connectivity index (χ0n) is 10.2. The largest absolute Gasteiger partial charge is 0.355 e. The summed E-state index contributed by atoms with van der Waals surface area (Å²) in [6, 6.07) is 5.94. The Bertz CT molecular complexity index is 398. The molecule has 1 aliphatic carbocycles. The Labute approximate surface area is 102 Å². The zero-order valence-corrected chi connectivity index (χ0v) is 10.2. The molecule has 0 N–H and O–H groups in total. The molecule has 1 aliphatic rings. The summed E-state index contributed by atoms with van der Waals surface area (Å²) in [6.07, 6.45) is 5.68. The maximum atomic E-state index is 11.2. The molecule has 2 rings (SSSR count). The highest BCUT2D eigenvalue weighted by Gasteiger charge is 2.15. The molecule has 92 valence electrons. The van der Waals surface area contributed by atoms with E-state index in [4.69, 9.17) is 9.78 Å². The van der Waals surface area contributed by atoms with Crippen molar-refractivity contribution in [2.75, 3.05) is 0 Å². The second-order valence-corrected chi connectivity index (χ2v) is 4.39. The third kappa shape index (κ3) is 2.99. The number of hydrogen-bond donors (Lipinski definition) is 0. The highest BCUT2D eigenvalue weighted by atomic mass is 17.2. The number of hydrogen-bond acceptors (Lipinski definition) is 3. The maximum Gasteiger partial charge on any atom is 0.355 e. The van der Waals surface area contributed by atoms with Crippen LogP contribution in [0.15, 0.2) is 18.2 Å². The van der Waals surface area contributed by atoms with Crippen LogP contribution >= 0.6 is 0 Å². The monoisotopic (exact) mass is 234 g/mol. The van der Waals surface area contributed by atoms with Crippen LogP contribution in [-0.2, 0) is 22.5 Å². The van der Waals surface area contributed by atoms with Gasteiger partial charge in [-0.1, -0.05) is 19.1 Å². The van der Waals surface area contributed by atoms with Crippen LogP contribution in [0.2, 0.25) is 0 Å². The summed E-state index contributed by atoms with van der Waals surface area (Å²) < 4.78 is 0. The Morgan fingerprint density at radius 1 is 1.29 bits per heavy atom. The second kappa shape index (κ2) is 5.71. The van der Waals surface area contributed by atoms with Gasteiger partial charge in [0.2, 0.25) is 0 Å². The third-order valence-electron chi connectivity index (χ3n) is 3.03. The first-order valence-electron chi connectivity index (χ1n) is 6.29. The average Bonchev–Trinajstić information content (AvgIpc) is 2.36. The predicted octanol–water partition coefficient (Wildman–Crippen LogP) is 3.20. The van der Waals surface area contributed by atoms with E-state index in [1.165, 1.54) is 24.0 Å². The Hall–Kier alpha value is -1.51. The molecule has 1 aromatic carbocycles. The van der Waals surface area contributed by atoms with Crippen LogP contribution in [0.3, 0.4) is 0 Å². The summed E-state index contributed by atoms with van der Waals surface area (Å²) in [5.74, 6) is 0.396. The summed E-state index contributed by atoms with van der Waals surface area (Å²) in [6.45, 7) is 1.94. The summed E-state index contributed by atoms with van der Waals surface area (Å²) >= 11 is 0. The van der Waals surface area contributed by atoms with E-state index < -0.39 is 0 Å². The van der Waals surface area contributed by atoms with Crippen LogP contribution in [0.4, 0.5) is 0 Å². The summed E-state index contributed by atoms with van der Waals surface area (Å²) in [5, 5.41) is 0. The molecule has 17 heavy (non-hydrogen) atoms. The van der Waals surface area contributed by atoms with Gasteiger partial charge in [0.15, 0.2) is 5.75 Å². The van der Waals surface area contributed by atoms with Gasteiger partial charge < -0.3 is 0 Å². The molecule has 0 amide bonds. The molecule has 0 saturated heterocycles. The molecular formula is C14H18O3.